The summed E-state index contributed by atoms with van der Waals surface area (Å²) in [6, 6.07) is 10.4. The van der Waals surface area contributed by atoms with Crippen molar-refractivity contribution in [2.45, 2.75) is 30.7 Å². The van der Waals surface area contributed by atoms with Crippen LogP contribution in [0.15, 0.2) is 53.6 Å². The summed E-state index contributed by atoms with van der Waals surface area (Å²) in [5.74, 6) is 0.346. The molecule has 1 aromatic heterocycles. The van der Waals surface area contributed by atoms with Crippen LogP contribution >= 0.6 is 11.6 Å². The van der Waals surface area contributed by atoms with Gasteiger partial charge in [0.15, 0.2) is 0 Å². The first kappa shape index (κ1) is 18.0. The number of hydrogen-bond donors (Lipinski definition) is 1. The minimum absolute atomic E-state index is 0.104. The summed E-state index contributed by atoms with van der Waals surface area (Å²) in [7, 11) is -3.92. The molecule has 140 valence electrons. The molecule has 2 aromatic carbocycles. The Hall–Kier alpha value is -2.38. The highest BCUT2D eigenvalue weighted by atomic mass is 35.5. The molecule has 0 aliphatic carbocycles. The van der Waals surface area contributed by atoms with Gasteiger partial charge in [0.25, 0.3) is 10.0 Å². The first-order valence-electron chi connectivity index (χ1n) is 8.57. The van der Waals surface area contributed by atoms with Gasteiger partial charge in [-0.2, -0.15) is 0 Å². The van der Waals surface area contributed by atoms with Gasteiger partial charge in [-0.1, -0.05) is 29.8 Å². The number of para-hydroxylation sites is 1. The van der Waals surface area contributed by atoms with Crippen LogP contribution in [0.5, 0.6) is 0 Å². The zero-order valence-electron chi connectivity index (χ0n) is 14.3. The van der Waals surface area contributed by atoms with Crippen LogP contribution in [0.1, 0.15) is 18.7 Å². The molecule has 5 nitrogen and oxygen atoms in total. The van der Waals surface area contributed by atoms with E-state index in [4.69, 9.17) is 11.6 Å². The van der Waals surface area contributed by atoms with Gasteiger partial charge in [-0.05, 0) is 37.1 Å². The molecular weight excluding hydrogens is 389 g/mol. The standard InChI is InChI=1S/C19H17ClFN3O2S/c20-15-11-13(8-9-16(15)21)27(25,26)23-17-6-2-1-5-14(17)18-12-24-10-4-3-7-19(24)22-18/h1-2,5-6,8-9,11-12,23H,3-4,7,10H2. The molecule has 3 aromatic rings. The van der Waals surface area contributed by atoms with Crippen LogP contribution in [0, 0.1) is 5.82 Å². The summed E-state index contributed by atoms with van der Waals surface area (Å²) >= 11 is 5.73. The molecule has 0 saturated heterocycles. The van der Waals surface area contributed by atoms with Gasteiger partial charge in [0.1, 0.15) is 11.6 Å². The SMILES string of the molecule is O=S(=O)(Nc1ccccc1-c1cn2c(n1)CCCC2)c1ccc(F)c(Cl)c1. The summed E-state index contributed by atoms with van der Waals surface area (Å²) in [6.45, 7) is 0.921. The molecular formula is C19H17ClFN3O2S. The number of fused-ring (bicyclic) bond motifs is 1. The fraction of sp³-hybridized carbons (Fsp3) is 0.211. The van der Waals surface area contributed by atoms with Crippen LogP contribution in [0.2, 0.25) is 5.02 Å². The van der Waals surface area contributed by atoms with E-state index in [1.165, 1.54) is 6.07 Å². The quantitative estimate of drug-likeness (QED) is 0.696. The highest BCUT2D eigenvalue weighted by molar-refractivity contribution is 7.92. The molecule has 4 rings (SSSR count). The molecule has 0 saturated carbocycles. The number of halogens is 2. The molecule has 0 amide bonds. The van der Waals surface area contributed by atoms with E-state index in [0.29, 0.717) is 11.3 Å². The van der Waals surface area contributed by atoms with Crippen molar-refractivity contribution >= 4 is 27.3 Å². The molecule has 0 fully saturated rings. The van der Waals surface area contributed by atoms with E-state index in [-0.39, 0.29) is 9.92 Å². The van der Waals surface area contributed by atoms with E-state index in [1.54, 1.807) is 12.1 Å². The number of benzene rings is 2. The Morgan fingerprint density at radius 2 is 1.96 bits per heavy atom. The maximum absolute atomic E-state index is 13.4. The van der Waals surface area contributed by atoms with Crippen molar-refractivity contribution in [3.05, 3.63) is 65.3 Å². The number of imidazole rings is 1. The van der Waals surface area contributed by atoms with E-state index < -0.39 is 15.8 Å². The Kier molecular flexibility index (Phi) is 4.65. The third kappa shape index (κ3) is 3.57. The number of rotatable bonds is 4. The monoisotopic (exact) mass is 405 g/mol. The van der Waals surface area contributed by atoms with Gasteiger partial charge in [0, 0.05) is 24.7 Å². The molecule has 0 bridgehead atoms. The topological polar surface area (TPSA) is 64.0 Å². The fourth-order valence-corrected chi connectivity index (χ4v) is 4.54. The van der Waals surface area contributed by atoms with Gasteiger partial charge < -0.3 is 4.57 Å². The number of nitrogens with one attached hydrogen (secondary N) is 1. The average Bonchev–Trinajstić information content (AvgIpc) is 3.08. The van der Waals surface area contributed by atoms with E-state index in [2.05, 4.69) is 14.3 Å². The molecule has 2 heterocycles. The first-order valence-corrected chi connectivity index (χ1v) is 10.4. The zero-order chi connectivity index (χ0) is 19.0. The van der Waals surface area contributed by atoms with Crippen molar-refractivity contribution in [1.82, 2.24) is 9.55 Å². The molecule has 27 heavy (non-hydrogen) atoms. The van der Waals surface area contributed by atoms with Gasteiger partial charge in [0.2, 0.25) is 0 Å². The van der Waals surface area contributed by atoms with Crippen molar-refractivity contribution in [2.24, 2.45) is 0 Å². The van der Waals surface area contributed by atoms with Crippen molar-refractivity contribution < 1.29 is 12.8 Å². The Morgan fingerprint density at radius 1 is 1.15 bits per heavy atom. The van der Waals surface area contributed by atoms with Crippen LogP contribution in [0.25, 0.3) is 11.3 Å². The molecule has 0 atom stereocenters. The predicted octanol–water partition coefficient (Wildman–Crippen LogP) is 4.48. The van der Waals surface area contributed by atoms with Crippen molar-refractivity contribution in [1.29, 1.82) is 0 Å². The maximum Gasteiger partial charge on any atom is 0.261 e. The van der Waals surface area contributed by atoms with Gasteiger partial charge in [-0.3, -0.25) is 4.72 Å². The van der Waals surface area contributed by atoms with Gasteiger partial charge in [-0.15, -0.1) is 0 Å². The largest absolute Gasteiger partial charge is 0.334 e. The molecule has 1 N–H and O–H groups in total. The normalized spacial score (nSPS) is 14.0. The van der Waals surface area contributed by atoms with Crippen molar-refractivity contribution in [2.75, 3.05) is 4.72 Å². The number of anilines is 1. The van der Waals surface area contributed by atoms with E-state index >= 15 is 0 Å². The van der Waals surface area contributed by atoms with Crippen molar-refractivity contribution in [3.63, 3.8) is 0 Å². The Balaban J connectivity index is 1.71. The maximum atomic E-state index is 13.4. The lowest BCUT2D eigenvalue weighted by Gasteiger charge is -2.12. The zero-order valence-corrected chi connectivity index (χ0v) is 15.9. The van der Waals surface area contributed by atoms with Gasteiger partial charge in [0.05, 0.1) is 21.3 Å². The first-order chi connectivity index (χ1) is 12.9. The lowest BCUT2D eigenvalue weighted by atomic mass is 10.1. The van der Waals surface area contributed by atoms with E-state index in [9.17, 15) is 12.8 Å². The lowest BCUT2D eigenvalue weighted by molar-refractivity contribution is 0.522. The Labute approximate surface area is 161 Å². The van der Waals surface area contributed by atoms with Crippen molar-refractivity contribution in [3.8, 4) is 11.3 Å². The summed E-state index contributed by atoms with van der Waals surface area (Å²) in [5.41, 5.74) is 1.83. The summed E-state index contributed by atoms with van der Waals surface area (Å²) in [4.78, 5) is 4.56. The van der Waals surface area contributed by atoms with E-state index in [0.717, 1.165) is 49.5 Å². The number of sulfonamides is 1. The predicted molar refractivity (Wildman–Crippen MR) is 103 cm³/mol. The third-order valence-electron chi connectivity index (χ3n) is 4.56. The molecule has 0 spiro atoms. The minimum atomic E-state index is -3.92. The fourth-order valence-electron chi connectivity index (χ4n) is 3.19. The number of hydrogen-bond acceptors (Lipinski definition) is 3. The smallest absolute Gasteiger partial charge is 0.261 e. The van der Waals surface area contributed by atoms with Crippen LogP contribution < -0.4 is 4.72 Å². The van der Waals surface area contributed by atoms with E-state index in [1.807, 2.05) is 18.3 Å². The Bertz CT molecular complexity index is 1090. The summed E-state index contributed by atoms with van der Waals surface area (Å²) < 4.78 is 43.5. The van der Waals surface area contributed by atoms with Crippen LogP contribution in [0.3, 0.4) is 0 Å². The van der Waals surface area contributed by atoms with Crippen LogP contribution in [0.4, 0.5) is 10.1 Å². The molecule has 0 radical (unpaired) electrons. The lowest BCUT2D eigenvalue weighted by Crippen LogP contribution is -2.13. The number of aryl methyl sites for hydroxylation is 2. The minimum Gasteiger partial charge on any atom is -0.334 e. The highest BCUT2D eigenvalue weighted by Crippen LogP contribution is 2.31. The van der Waals surface area contributed by atoms with Crippen LogP contribution in [-0.2, 0) is 23.0 Å². The molecule has 1 aliphatic rings. The summed E-state index contributed by atoms with van der Waals surface area (Å²) in [5, 5.41) is -0.243. The second kappa shape index (κ2) is 6.98. The second-order valence-electron chi connectivity index (χ2n) is 6.42. The van der Waals surface area contributed by atoms with Gasteiger partial charge >= 0.3 is 0 Å². The van der Waals surface area contributed by atoms with Gasteiger partial charge in [-0.25, -0.2) is 17.8 Å². The van der Waals surface area contributed by atoms with Crippen LogP contribution in [-0.4, -0.2) is 18.0 Å². The average molecular weight is 406 g/mol. The highest BCUT2D eigenvalue weighted by Gasteiger charge is 2.20. The number of aromatic nitrogens is 2. The molecule has 1 aliphatic heterocycles. The Morgan fingerprint density at radius 3 is 2.74 bits per heavy atom. The number of nitrogens with zero attached hydrogens (tertiary/aromatic N) is 2. The third-order valence-corrected chi connectivity index (χ3v) is 6.21. The summed E-state index contributed by atoms with van der Waals surface area (Å²) in [6.07, 6.45) is 5.09. The molecule has 0 unspecified atom stereocenters. The second-order valence-corrected chi connectivity index (χ2v) is 8.51. The molecule has 8 heteroatoms.